The van der Waals surface area contributed by atoms with Gasteiger partial charge in [0.05, 0.1) is 12.2 Å². The molecule has 94 valence electrons. The molecule has 1 aromatic rings. The lowest BCUT2D eigenvalue weighted by Crippen LogP contribution is -1.99. The summed E-state index contributed by atoms with van der Waals surface area (Å²) in [5, 5.41) is 8.84. The number of carbonyl (C=O) groups is 1. The molecule has 0 fully saturated rings. The zero-order chi connectivity index (χ0) is 12.5. The van der Waals surface area contributed by atoms with Gasteiger partial charge in [0.1, 0.15) is 0 Å². The maximum atomic E-state index is 10.8. The summed E-state index contributed by atoms with van der Waals surface area (Å²) in [5.74, 6) is -0.0288. The molecule has 0 amide bonds. The predicted molar refractivity (Wildman–Crippen MR) is 69.9 cm³/mol. The molecule has 0 atom stereocenters. The summed E-state index contributed by atoms with van der Waals surface area (Å²) < 4.78 is 5.44. The van der Waals surface area contributed by atoms with Crippen LogP contribution in [0.25, 0.3) is 0 Å². The number of carboxylic acid groups (broad SMARTS) is 1. The van der Waals surface area contributed by atoms with Crippen molar-refractivity contribution in [2.45, 2.75) is 24.7 Å². The quantitative estimate of drug-likeness (QED) is 0.571. The van der Waals surface area contributed by atoms with Gasteiger partial charge in [-0.15, -0.1) is 11.8 Å². The number of hydrogen-bond donors (Lipinski definition) is 1. The average Bonchev–Trinajstić information content (AvgIpc) is 2.34. The van der Waals surface area contributed by atoms with Crippen molar-refractivity contribution in [3.05, 3.63) is 29.8 Å². The van der Waals surface area contributed by atoms with Gasteiger partial charge in [-0.3, -0.25) is 0 Å². The van der Waals surface area contributed by atoms with Crippen LogP contribution in [0.4, 0.5) is 0 Å². The molecule has 0 bridgehead atoms. The first-order valence-corrected chi connectivity index (χ1v) is 6.76. The van der Waals surface area contributed by atoms with E-state index < -0.39 is 5.97 Å². The summed E-state index contributed by atoms with van der Waals surface area (Å²) in [6.45, 7) is 3.66. The smallest absolute Gasteiger partial charge is 0.335 e. The Morgan fingerprint density at radius 2 is 2.24 bits per heavy atom. The van der Waals surface area contributed by atoms with E-state index in [1.54, 1.807) is 30.0 Å². The van der Waals surface area contributed by atoms with Gasteiger partial charge in [0.2, 0.25) is 0 Å². The Balaban J connectivity index is 2.27. The van der Waals surface area contributed by atoms with E-state index in [0.717, 1.165) is 30.1 Å². The zero-order valence-corrected chi connectivity index (χ0v) is 10.8. The van der Waals surface area contributed by atoms with Crippen molar-refractivity contribution in [1.82, 2.24) is 0 Å². The van der Waals surface area contributed by atoms with Gasteiger partial charge < -0.3 is 9.84 Å². The van der Waals surface area contributed by atoms with Crippen molar-refractivity contribution in [3.8, 4) is 0 Å². The third-order valence-corrected chi connectivity index (χ3v) is 3.18. The van der Waals surface area contributed by atoms with E-state index in [4.69, 9.17) is 9.84 Å². The Kier molecular flexibility index (Phi) is 6.74. The van der Waals surface area contributed by atoms with Gasteiger partial charge in [-0.25, -0.2) is 4.79 Å². The second-order valence-corrected chi connectivity index (χ2v) is 4.82. The predicted octanol–water partition coefficient (Wildman–Crippen LogP) is 3.29. The highest BCUT2D eigenvalue weighted by molar-refractivity contribution is 7.99. The molecule has 0 aliphatic rings. The fraction of sp³-hybridized carbons (Fsp3) is 0.462. The number of rotatable bonds is 8. The van der Waals surface area contributed by atoms with E-state index in [-0.39, 0.29) is 0 Å². The Hall–Kier alpha value is -1.00. The lowest BCUT2D eigenvalue weighted by molar-refractivity contribution is 0.0696. The van der Waals surface area contributed by atoms with Crippen molar-refractivity contribution in [2.75, 3.05) is 19.0 Å². The minimum Gasteiger partial charge on any atom is -0.478 e. The normalized spacial score (nSPS) is 10.4. The molecule has 1 rings (SSSR count). The molecular formula is C13H18O3S. The van der Waals surface area contributed by atoms with Gasteiger partial charge in [0.15, 0.2) is 0 Å². The third kappa shape index (κ3) is 5.75. The molecule has 0 saturated heterocycles. The molecule has 0 saturated carbocycles. The van der Waals surface area contributed by atoms with E-state index in [2.05, 4.69) is 6.92 Å². The summed E-state index contributed by atoms with van der Waals surface area (Å²) >= 11 is 1.62. The van der Waals surface area contributed by atoms with Gasteiger partial charge in [-0.05, 0) is 24.6 Å². The highest BCUT2D eigenvalue weighted by Gasteiger charge is 2.03. The van der Waals surface area contributed by atoms with E-state index in [1.165, 1.54) is 0 Å². The molecule has 0 aliphatic carbocycles. The molecule has 17 heavy (non-hydrogen) atoms. The lowest BCUT2D eigenvalue weighted by Gasteiger charge is -2.04. The fourth-order valence-electron chi connectivity index (χ4n) is 1.29. The van der Waals surface area contributed by atoms with Crippen LogP contribution in [0.15, 0.2) is 29.2 Å². The molecule has 4 heteroatoms. The molecule has 0 heterocycles. The van der Waals surface area contributed by atoms with Crippen LogP contribution in [-0.4, -0.2) is 30.0 Å². The van der Waals surface area contributed by atoms with Gasteiger partial charge in [0.25, 0.3) is 0 Å². The Morgan fingerprint density at radius 3 is 2.94 bits per heavy atom. The monoisotopic (exact) mass is 254 g/mol. The summed E-state index contributed by atoms with van der Waals surface area (Å²) in [5.41, 5.74) is 0.335. The molecule has 1 N–H and O–H groups in total. The molecule has 0 unspecified atom stereocenters. The van der Waals surface area contributed by atoms with Crippen LogP contribution in [0.2, 0.25) is 0 Å². The zero-order valence-electron chi connectivity index (χ0n) is 10.0. The molecule has 0 aromatic heterocycles. The number of hydrogen-bond acceptors (Lipinski definition) is 3. The van der Waals surface area contributed by atoms with Gasteiger partial charge in [0, 0.05) is 17.3 Å². The second kappa shape index (κ2) is 8.14. The Morgan fingerprint density at radius 1 is 1.41 bits per heavy atom. The van der Waals surface area contributed by atoms with Crippen LogP contribution in [0.5, 0.6) is 0 Å². The maximum Gasteiger partial charge on any atom is 0.335 e. The number of thioether (sulfide) groups is 1. The lowest BCUT2D eigenvalue weighted by atomic mass is 10.2. The van der Waals surface area contributed by atoms with E-state index in [0.29, 0.717) is 12.2 Å². The molecule has 0 spiro atoms. The standard InChI is InChI=1S/C13H18O3S/c1-2-3-7-16-8-9-17-12-6-4-5-11(10-12)13(14)15/h4-6,10H,2-3,7-9H2,1H3,(H,14,15). The minimum atomic E-state index is -0.883. The number of aromatic carboxylic acids is 1. The van der Waals surface area contributed by atoms with Crippen LogP contribution in [0, 0.1) is 0 Å². The van der Waals surface area contributed by atoms with E-state index in [9.17, 15) is 4.79 Å². The van der Waals surface area contributed by atoms with E-state index >= 15 is 0 Å². The van der Waals surface area contributed by atoms with E-state index in [1.807, 2.05) is 6.07 Å². The topological polar surface area (TPSA) is 46.5 Å². The molecular weight excluding hydrogens is 236 g/mol. The van der Waals surface area contributed by atoms with Crippen LogP contribution >= 0.6 is 11.8 Å². The maximum absolute atomic E-state index is 10.8. The van der Waals surface area contributed by atoms with Crippen molar-refractivity contribution in [2.24, 2.45) is 0 Å². The van der Waals surface area contributed by atoms with Crippen LogP contribution in [0.3, 0.4) is 0 Å². The highest BCUT2D eigenvalue weighted by atomic mass is 32.2. The molecule has 0 radical (unpaired) electrons. The summed E-state index contributed by atoms with van der Waals surface area (Å²) in [6, 6.07) is 6.98. The van der Waals surface area contributed by atoms with Crippen molar-refractivity contribution >= 4 is 17.7 Å². The van der Waals surface area contributed by atoms with Crippen molar-refractivity contribution in [1.29, 1.82) is 0 Å². The Labute approximate surface area is 106 Å². The van der Waals surface area contributed by atoms with Gasteiger partial charge in [-0.2, -0.15) is 0 Å². The van der Waals surface area contributed by atoms with Gasteiger partial charge in [-0.1, -0.05) is 19.4 Å². The average molecular weight is 254 g/mol. The third-order valence-electron chi connectivity index (χ3n) is 2.22. The largest absolute Gasteiger partial charge is 0.478 e. The summed E-state index contributed by atoms with van der Waals surface area (Å²) in [7, 11) is 0. The first-order chi connectivity index (χ1) is 8.24. The van der Waals surface area contributed by atoms with Crippen LogP contribution in [-0.2, 0) is 4.74 Å². The second-order valence-electron chi connectivity index (χ2n) is 3.65. The van der Waals surface area contributed by atoms with Crippen LogP contribution < -0.4 is 0 Å². The fourth-order valence-corrected chi connectivity index (χ4v) is 2.11. The van der Waals surface area contributed by atoms with Gasteiger partial charge >= 0.3 is 5.97 Å². The number of ether oxygens (including phenoxy) is 1. The number of unbranched alkanes of at least 4 members (excludes halogenated alkanes) is 1. The summed E-state index contributed by atoms with van der Waals surface area (Å²) in [4.78, 5) is 11.7. The number of benzene rings is 1. The van der Waals surface area contributed by atoms with Crippen molar-refractivity contribution < 1.29 is 14.6 Å². The first-order valence-electron chi connectivity index (χ1n) is 5.78. The molecule has 1 aromatic carbocycles. The minimum absolute atomic E-state index is 0.335. The highest BCUT2D eigenvalue weighted by Crippen LogP contribution is 2.18. The molecule has 3 nitrogen and oxygen atoms in total. The SMILES string of the molecule is CCCCOCCSc1cccc(C(=O)O)c1. The first kappa shape index (κ1) is 14.1. The summed E-state index contributed by atoms with van der Waals surface area (Å²) in [6.07, 6.45) is 2.24. The molecule has 0 aliphatic heterocycles. The number of carboxylic acids is 1. The van der Waals surface area contributed by atoms with Crippen molar-refractivity contribution in [3.63, 3.8) is 0 Å². The Bertz CT molecular complexity index is 352. The van der Waals surface area contributed by atoms with Crippen LogP contribution in [0.1, 0.15) is 30.1 Å².